The van der Waals surface area contributed by atoms with Gasteiger partial charge in [-0.25, -0.2) is 14.4 Å². The van der Waals surface area contributed by atoms with Crippen molar-refractivity contribution in [2.45, 2.75) is 238 Å². The lowest BCUT2D eigenvalue weighted by molar-refractivity contribution is -0.307. The Morgan fingerprint density at radius 1 is 0.736 bits per heavy atom. The number of ether oxygens (including phenoxy) is 5. The van der Waals surface area contributed by atoms with Crippen molar-refractivity contribution in [1.29, 1.82) is 0 Å². The molecule has 5 rings (SSSR count). The molecule has 592 valence electrons. The first-order chi connectivity index (χ1) is 50.1. The Kier molecular flexibility index (Phi) is 35.3. The molecular weight excluding hydrogens is 1380 g/mol. The Balaban J connectivity index is 1.19. The molecule has 2 saturated heterocycles. The number of carbonyl (C=O) groups excluding carboxylic acids is 10. The summed E-state index contributed by atoms with van der Waals surface area (Å²) in [5.74, 6) is -7.61. The van der Waals surface area contributed by atoms with Crippen molar-refractivity contribution in [2.24, 2.45) is 35.3 Å². The predicted molar refractivity (Wildman–Crippen MR) is 388 cm³/mol. The first-order valence-electron chi connectivity index (χ1n) is 36.5. The van der Waals surface area contributed by atoms with Gasteiger partial charge in [-0.1, -0.05) is 118 Å². The highest BCUT2D eigenvalue weighted by molar-refractivity contribution is 6.12. The molecule has 32 heteroatoms. The third-order valence-electron chi connectivity index (χ3n) is 20.0. The van der Waals surface area contributed by atoms with E-state index in [1.54, 1.807) is 122 Å². The quantitative estimate of drug-likeness (QED) is 0.0258. The molecule has 0 radical (unpaired) electrons. The molecule has 2 aromatic rings. The average molecular weight is 1490 g/mol. The molecular formula is C74H115N11O21. The number of carboxylic acid groups (broad SMARTS) is 1. The summed E-state index contributed by atoms with van der Waals surface area (Å²) in [5.41, 5.74) is 6.62. The maximum absolute atomic E-state index is 14.9. The predicted octanol–water partition coefficient (Wildman–Crippen LogP) is 2.79. The number of carboxylic acids is 1. The lowest BCUT2D eigenvalue weighted by Gasteiger charge is -2.42. The zero-order valence-corrected chi connectivity index (χ0v) is 63.5. The molecule has 18 unspecified atom stereocenters. The number of carbonyl (C=O) groups is 11. The second-order valence-electron chi connectivity index (χ2n) is 28.8. The van der Waals surface area contributed by atoms with Crippen molar-refractivity contribution < 1.29 is 102 Å². The summed E-state index contributed by atoms with van der Waals surface area (Å²) in [6.07, 6.45) is -8.25. The number of benzene rings is 2. The molecule has 13 N–H and O–H groups in total. The number of amides is 11. The van der Waals surface area contributed by atoms with Crippen LogP contribution in [-0.2, 0) is 73.4 Å². The Morgan fingerprint density at radius 3 is 1.95 bits per heavy atom. The fraction of sp³-hybridized carbons (Fsp3) is 0.662. The zero-order valence-electron chi connectivity index (χ0n) is 63.5. The lowest BCUT2D eigenvalue weighted by atomic mass is 9.89. The standard InChI is InChI=1S/C74H115N11O21/c1-15-43(8)59(51(102-13)38-55(89)84-37-23-27-50(84)63(103-14)44(9)66(93)77-45(10)64(47-24-18-16-19-25-47)105-72-62(92)60(90)61(91)65(106-72)71(98)99)82(11)70(97)57(41(4)5)81-69(96)58(42(6)7)83(12)74(101)104-39-46-29-31-48(32-30-46)78-67(94)49(26-22-35-76-73(75)100)79-68(95)56(40(2)3)80-52(86)28-20-17-21-36-85-53(87)33-34-54(85)88/h16,18-19,24-25,29-34,40-45,49-51,56-66,72,77,90-93H,15,17,20-23,26-28,35-39H2,1-14H3,(H,78,94)(H,79,95)(H,80,86)(H,81,96)(H,98,99)(H3,75,76,100). The van der Waals surface area contributed by atoms with Crippen molar-refractivity contribution in [3.05, 3.63) is 77.9 Å². The molecule has 2 fully saturated rings. The number of aliphatic carboxylic acids is 1. The van der Waals surface area contributed by atoms with E-state index in [0.29, 0.717) is 61.9 Å². The smallest absolute Gasteiger partial charge is 0.410 e. The van der Waals surface area contributed by atoms with Crippen LogP contribution >= 0.6 is 0 Å². The normalized spacial score (nSPS) is 21.5. The number of primary amides is 1. The summed E-state index contributed by atoms with van der Waals surface area (Å²) >= 11 is 0. The number of imide groups is 1. The maximum Gasteiger partial charge on any atom is 0.410 e. The molecule has 2 aromatic carbocycles. The van der Waals surface area contributed by atoms with Gasteiger partial charge < -0.3 is 91.3 Å². The van der Waals surface area contributed by atoms with Crippen molar-refractivity contribution in [1.82, 2.24) is 46.2 Å². The highest BCUT2D eigenvalue weighted by Crippen LogP contribution is 2.34. The van der Waals surface area contributed by atoms with Crippen LogP contribution in [0, 0.1) is 29.6 Å². The molecule has 11 amide bonds. The van der Waals surface area contributed by atoms with Crippen molar-refractivity contribution in [2.75, 3.05) is 53.3 Å². The van der Waals surface area contributed by atoms with Crippen molar-refractivity contribution >= 4 is 71.0 Å². The number of nitrogens with one attached hydrogen (secondary N) is 6. The van der Waals surface area contributed by atoms with Crippen LogP contribution in [0.1, 0.15) is 151 Å². The number of methoxy groups -OCH3 is 2. The average Bonchev–Trinajstić information content (AvgIpc) is 1.01. The SMILES string of the molecule is CCC(C)C(C(CC(=O)N1CCCC1C(OC)C(C)C(O)NC(C)C(OC1OC(C(=O)O)C(O)C(O)C1O)c1ccccc1)OC)N(C)C(=O)C(NC(=O)C(C(C)C)N(C)C(=O)OCc1ccc(NC(=O)C(CCCNC(N)=O)NC(=O)C(NC(=O)CCCCCN2C(=O)C=CC2=O)C(C)C)cc1)C(C)C. The molecule has 0 aliphatic carbocycles. The van der Waals surface area contributed by atoms with Crippen LogP contribution in [0.3, 0.4) is 0 Å². The molecule has 18 atom stereocenters. The fourth-order valence-electron chi connectivity index (χ4n) is 13.7. The number of likely N-dealkylation sites (tertiary alicyclic amines) is 1. The zero-order chi connectivity index (χ0) is 79.0. The number of likely N-dealkylation sites (N-methyl/N-ethyl adjacent to an activating group) is 2. The van der Waals surface area contributed by atoms with Gasteiger partial charge in [-0.2, -0.15) is 0 Å². The van der Waals surface area contributed by atoms with Crippen LogP contribution in [0.4, 0.5) is 15.3 Å². The van der Waals surface area contributed by atoms with E-state index in [9.17, 15) is 78.3 Å². The van der Waals surface area contributed by atoms with E-state index >= 15 is 0 Å². The second-order valence-corrected chi connectivity index (χ2v) is 28.8. The monoisotopic (exact) mass is 1490 g/mol. The number of anilines is 1. The lowest BCUT2D eigenvalue weighted by Crippen LogP contribution is -2.61. The van der Waals surface area contributed by atoms with Gasteiger partial charge in [-0.3, -0.25) is 53.5 Å². The van der Waals surface area contributed by atoms with Crippen molar-refractivity contribution in [3.63, 3.8) is 0 Å². The van der Waals surface area contributed by atoms with Gasteiger partial charge in [-0.15, -0.1) is 0 Å². The van der Waals surface area contributed by atoms with E-state index in [4.69, 9.17) is 29.4 Å². The van der Waals surface area contributed by atoms with Crippen LogP contribution in [0.2, 0.25) is 0 Å². The minimum Gasteiger partial charge on any atom is -0.479 e. The maximum atomic E-state index is 14.9. The van der Waals surface area contributed by atoms with E-state index in [-0.39, 0.29) is 74.9 Å². The summed E-state index contributed by atoms with van der Waals surface area (Å²) in [5, 5.41) is 70.2. The number of hydrogen-bond donors (Lipinski definition) is 12. The van der Waals surface area contributed by atoms with E-state index in [1.807, 2.05) is 13.8 Å². The number of rotatable bonds is 42. The van der Waals surface area contributed by atoms with Gasteiger partial charge >= 0.3 is 18.1 Å². The summed E-state index contributed by atoms with van der Waals surface area (Å²) in [4.78, 5) is 151. The molecule has 0 saturated carbocycles. The largest absolute Gasteiger partial charge is 0.479 e. The van der Waals surface area contributed by atoms with Gasteiger partial charge in [-0.05, 0) is 92.4 Å². The summed E-state index contributed by atoms with van der Waals surface area (Å²) < 4.78 is 29.5. The van der Waals surface area contributed by atoms with Crippen LogP contribution in [0.15, 0.2) is 66.7 Å². The third kappa shape index (κ3) is 24.7. The number of nitrogens with two attached hydrogens (primary N) is 1. The number of urea groups is 1. The number of aliphatic hydroxyl groups is 4. The van der Waals surface area contributed by atoms with Gasteiger partial charge in [0.2, 0.25) is 35.4 Å². The Morgan fingerprint density at radius 2 is 1.38 bits per heavy atom. The molecule has 0 aromatic heterocycles. The second kappa shape index (κ2) is 42.4. The van der Waals surface area contributed by atoms with Crippen LogP contribution < -0.4 is 37.6 Å². The minimum atomic E-state index is -1.94. The number of unbranched alkanes of at least 4 members (excludes halogenated alkanes) is 2. The summed E-state index contributed by atoms with van der Waals surface area (Å²) in [6, 6.07) is 7.83. The van der Waals surface area contributed by atoms with Crippen LogP contribution in [-0.4, -0.2) is 250 Å². The Labute approximate surface area is 620 Å². The molecule has 32 nitrogen and oxygen atoms in total. The van der Waals surface area contributed by atoms with Crippen LogP contribution in [0.25, 0.3) is 0 Å². The summed E-state index contributed by atoms with van der Waals surface area (Å²) in [6.45, 7) is 18.3. The number of aliphatic hydroxyl groups excluding tert-OH is 4. The first-order valence-corrected chi connectivity index (χ1v) is 36.5. The molecule has 106 heavy (non-hydrogen) atoms. The molecule has 3 aliphatic heterocycles. The summed E-state index contributed by atoms with van der Waals surface area (Å²) in [7, 11) is 5.97. The first kappa shape index (κ1) is 88.4. The topological polar surface area (TPSA) is 446 Å². The molecule has 3 aliphatic rings. The fourth-order valence-corrected chi connectivity index (χ4v) is 13.7. The minimum absolute atomic E-state index is 0.0684. The molecule has 3 heterocycles. The van der Waals surface area contributed by atoms with Gasteiger partial charge in [0.15, 0.2) is 12.4 Å². The highest BCUT2D eigenvalue weighted by Gasteiger charge is 2.50. The molecule has 0 bridgehead atoms. The van der Waals surface area contributed by atoms with Crippen LogP contribution in [0.5, 0.6) is 0 Å². The van der Waals surface area contributed by atoms with Crippen molar-refractivity contribution in [3.8, 4) is 0 Å². The van der Waals surface area contributed by atoms with E-state index < -0.39 is 163 Å². The third-order valence-corrected chi connectivity index (χ3v) is 20.0. The number of nitrogens with zero attached hydrogens (tertiary/aromatic N) is 4. The van der Waals surface area contributed by atoms with Gasteiger partial charge in [0.05, 0.1) is 30.7 Å². The molecule has 0 spiro atoms. The van der Waals surface area contributed by atoms with E-state index in [1.165, 1.54) is 38.3 Å². The van der Waals surface area contributed by atoms with Gasteiger partial charge in [0.25, 0.3) is 11.8 Å². The highest BCUT2D eigenvalue weighted by atomic mass is 16.7. The van der Waals surface area contributed by atoms with Gasteiger partial charge in [0.1, 0.15) is 61.4 Å². The van der Waals surface area contributed by atoms with E-state index in [2.05, 4.69) is 31.9 Å². The Hall–Kier alpha value is -8.21. The Bertz CT molecular complexity index is 3260. The van der Waals surface area contributed by atoms with E-state index in [0.717, 1.165) is 9.80 Å². The number of hydrogen-bond acceptors (Lipinski definition) is 21. The van der Waals surface area contributed by atoms with Gasteiger partial charge in [0, 0.05) is 84.2 Å².